The lowest BCUT2D eigenvalue weighted by molar-refractivity contribution is 0.187. The summed E-state index contributed by atoms with van der Waals surface area (Å²) in [5.41, 5.74) is 1.03. The van der Waals surface area contributed by atoms with Crippen molar-refractivity contribution in [3.05, 3.63) is 41.5 Å². The second-order valence-corrected chi connectivity index (χ2v) is 6.19. The second-order valence-electron chi connectivity index (χ2n) is 6.19. The summed E-state index contributed by atoms with van der Waals surface area (Å²) >= 11 is 0. The molecule has 0 aliphatic heterocycles. The number of aliphatic hydroxyl groups excluding tert-OH is 1. The number of amides is 2. The molecule has 2 amide bonds. The third kappa shape index (κ3) is 4.79. The van der Waals surface area contributed by atoms with Crippen LogP contribution in [0.4, 0.5) is 10.5 Å². The summed E-state index contributed by atoms with van der Waals surface area (Å²) in [4.78, 5) is 16.2. The van der Waals surface area contributed by atoms with Gasteiger partial charge in [-0.2, -0.15) is 5.10 Å². The van der Waals surface area contributed by atoms with Gasteiger partial charge < -0.3 is 15.7 Å². The minimum atomic E-state index is -0.670. The van der Waals surface area contributed by atoms with Gasteiger partial charge in [-0.3, -0.25) is 0 Å². The van der Waals surface area contributed by atoms with E-state index in [4.69, 9.17) is 0 Å². The molecule has 0 aliphatic carbocycles. The fourth-order valence-electron chi connectivity index (χ4n) is 2.14. The number of urea groups is 1. The number of carbonyl (C=O) groups is 1. The minimum Gasteiger partial charge on any atom is -0.394 e. The quantitative estimate of drug-likeness (QED) is 0.784. The maximum absolute atomic E-state index is 12.0. The van der Waals surface area contributed by atoms with Gasteiger partial charge in [-0.15, -0.1) is 0 Å². The van der Waals surface area contributed by atoms with E-state index in [-0.39, 0.29) is 12.6 Å². The van der Waals surface area contributed by atoms with E-state index in [9.17, 15) is 9.90 Å². The van der Waals surface area contributed by atoms with Crippen LogP contribution < -0.4 is 10.6 Å². The molecular formula is C16H23N5O2. The molecule has 0 saturated carbocycles. The largest absolute Gasteiger partial charge is 0.394 e. The van der Waals surface area contributed by atoms with Gasteiger partial charge in [0, 0.05) is 5.69 Å². The zero-order valence-electron chi connectivity index (χ0n) is 13.9. The highest BCUT2D eigenvalue weighted by molar-refractivity contribution is 5.89. The molecule has 0 bridgehead atoms. The highest BCUT2D eigenvalue weighted by Crippen LogP contribution is 2.13. The predicted molar refractivity (Wildman–Crippen MR) is 88.4 cm³/mol. The molecule has 1 heterocycles. The standard InChI is InChI=1S/C16H23N5O2/c1-11-17-12(2)21(20-11)9-13-6-5-7-14(8-13)18-15(23)19-16(3,4)10-22/h5-8,22H,9-10H2,1-4H3,(H2,18,19,23). The number of aromatic nitrogens is 3. The van der Waals surface area contributed by atoms with Crippen molar-refractivity contribution in [3.63, 3.8) is 0 Å². The van der Waals surface area contributed by atoms with Crippen LogP contribution in [0.3, 0.4) is 0 Å². The molecule has 3 N–H and O–H groups in total. The van der Waals surface area contributed by atoms with Gasteiger partial charge in [-0.05, 0) is 45.4 Å². The van der Waals surface area contributed by atoms with E-state index in [1.807, 2.05) is 42.8 Å². The fourth-order valence-corrected chi connectivity index (χ4v) is 2.14. The van der Waals surface area contributed by atoms with Crippen LogP contribution in [0, 0.1) is 13.8 Å². The molecule has 7 nitrogen and oxygen atoms in total. The van der Waals surface area contributed by atoms with Crippen molar-refractivity contribution in [1.82, 2.24) is 20.1 Å². The van der Waals surface area contributed by atoms with Crippen molar-refractivity contribution in [1.29, 1.82) is 0 Å². The van der Waals surface area contributed by atoms with Gasteiger partial charge in [0.05, 0.1) is 18.7 Å². The molecule has 124 valence electrons. The highest BCUT2D eigenvalue weighted by Gasteiger charge is 2.18. The Morgan fingerprint density at radius 2 is 2.09 bits per heavy atom. The third-order valence-electron chi connectivity index (χ3n) is 3.33. The van der Waals surface area contributed by atoms with Crippen molar-refractivity contribution in [2.75, 3.05) is 11.9 Å². The summed E-state index contributed by atoms with van der Waals surface area (Å²) in [6.07, 6.45) is 0. The fraction of sp³-hybridized carbons (Fsp3) is 0.438. The first kappa shape index (κ1) is 17.0. The number of hydrogen-bond donors (Lipinski definition) is 3. The number of benzene rings is 1. The average molecular weight is 317 g/mol. The van der Waals surface area contributed by atoms with E-state index >= 15 is 0 Å². The van der Waals surface area contributed by atoms with Crippen LogP contribution >= 0.6 is 0 Å². The van der Waals surface area contributed by atoms with E-state index in [1.54, 1.807) is 13.8 Å². The first-order valence-corrected chi connectivity index (χ1v) is 7.46. The van der Waals surface area contributed by atoms with Crippen molar-refractivity contribution < 1.29 is 9.90 Å². The van der Waals surface area contributed by atoms with Crippen LogP contribution in [-0.2, 0) is 6.54 Å². The molecule has 0 saturated heterocycles. The second kappa shape index (κ2) is 6.78. The van der Waals surface area contributed by atoms with Crippen LogP contribution in [0.15, 0.2) is 24.3 Å². The lowest BCUT2D eigenvalue weighted by Gasteiger charge is -2.23. The third-order valence-corrected chi connectivity index (χ3v) is 3.33. The monoisotopic (exact) mass is 317 g/mol. The van der Waals surface area contributed by atoms with Crippen molar-refractivity contribution in [3.8, 4) is 0 Å². The summed E-state index contributed by atoms with van der Waals surface area (Å²) in [6.45, 7) is 7.72. The Morgan fingerprint density at radius 1 is 1.35 bits per heavy atom. The van der Waals surface area contributed by atoms with Crippen molar-refractivity contribution in [2.24, 2.45) is 0 Å². The van der Waals surface area contributed by atoms with Crippen LogP contribution in [0.1, 0.15) is 31.1 Å². The number of nitrogens with one attached hydrogen (secondary N) is 2. The number of rotatable bonds is 5. The normalized spacial score (nSPS) is 11.3. The van der Waals surface area contributed by atoms with Gasteiger partial charge in [0.2, 0.25) is 0 Å². The maximum Gasteiger partial charge on any atom is 0.319 e. The number of anilines is 1. The molecule has 1 aromatic heterocycles. The smallest absolute Gasteiger partial charge is 0.319 e. The Hall–Kier alpha value is -2.41. The molecule has 2 rings (SSSR count). The van der Waals surface area contributed by atoms with Gasteiger partial charge >= 0.3 is 6.03 Å². The van der Waals surface area contributed by atoms with E-state index < -0.39 is 5.54 Å². The highest BCUT2D eigenvalue weighted by atomic mass is 16.3. The molecule has 23 heavy (non-hydrogen) atoms. The molecule has 0 unspecified atom stereocenters. The first-order valence-electron chi connectivity index (χ1n) is 7.46. The Kier molecular flexibility index (Phi) is 5.00. The first-order chi connectivity index (χ1) is 10.8. The molecule has 1 aromatic carbocycles. The minimum absolute atomic E-state index is 0.134. The molecular weight excluding hydrogens is 294 g/mol. The summed E-state index contributed by atoms with van der Waals surface area (Å²) < 4.78 is 1.82. The van der Waals surface area contributed by atoms with E-state index in [1.165, 1.54) is 0 Å². The van der Waals surface area contributed by atoms with Crippen LogP contribution in [0.5, 0.6) is 0 Å². The molecule has 0 fully saturated rings. The number of hydrogen-bond acceptors (Lipinski definition) is 4. The Labute approximate surface area is 135 Å². The van der Waals surface area contributed by atoms with Crippen LogP contribution in [-0.4, -0.2) is 38.0 Å². The summed E-state index contributed by atoms with van der Waals surface area (Å²) in [5, 5.41) is 19.0. The Morgan fingerprint density at radius 3 is 2.70 bits per heavy atom. The molecule has 0 radical (unpaired) electrons. The summed E-state index contributed by atoms with van der Waals surface area (Å²) in [5.74, 6) is 1.59. The molecule has 0 atom stereocenters. The number of aliphatic hydroxyl groups is 1. The van der Waals surface area contributed by atoms with Gasteiger partial charge in [0.15, 0.2) is 0 Å². The van der Waals surface area contributed by atoms with Gasteiger partial charge in [-0.25, -0.2) is 14.5 Å². The SMILES string of the molecule is Cc1nc(C)n(Cc2cccc(NC(=O)NC(C)(C)CO)c2)n1. The van der Waals surface area contributed by atoms with Crippen LogP contribution in [0.25, 0.3) is 0 Å². The predicted octanol–water partition coefficient (Wildman–Crippen LogP) is 1.84. The van der Waals surface area contributed by atoms with E-state index in [0.717, 1.165) is 17.2 Å². The Balaban J connectivity index is 2.05. The van der Waals surface area contributed by atoms with E-state index in [0.29, 0.717) is 12.2 Å². The van der Waals surface area contributed by atoms with Crippen LogP contribution in [0.2, 0.25) is 0 Å². The molecule has 2 aromatic rings. The maximum atomic E-state index is 12.0. The van der Waals surface area contributed by atoms with Gasteiger partial charge in [-0.1, -0.05) is 12.1 Å². The zero-order valence-corrected chi connectivity index (χ0v) is 13.9. The summed E-state index contributed by atoms with van der Waals surface area (Å²) in [7, 11) is 0. The molecule has 0 spiro atoms. The lowest BCUT2D eigenvalue weighted by Crippen LogP contribution is -2.48. The van der Waals surface area contributed by atoms with Crippen molar-refractivity contribution >= 4 is 11.7 Å². The lowest BCUT2D eigenvalue weighted by atomic mass is 10.1. The average Bonchev–Trinajstić information content (AvgIpc) is 2.76. The topological polar surface area (TPSA) is 92.1 Å². The summed E-state index contributed by atoms with van der Waals surface area (Å²) in [6, 6.07) is 7.20. The Bertz CT molecular complexity index is 694. The van der Waals surface area contributed by atoms with Gasteiger partial charge in [0.25, 0.3) is 0 Å². The zero-order chi connectivity index (χ0) is 17.0. The van der Waals surface area contributed by atoms with Gasteiger partial charge in [0.1, 0.15) is 11.6 Å². The van der Waals surface area contributed by atoms with Crippen molar-refractivity contribution in [2.45, 2.75) is 39.8 Å². The van der Waals surface area contributed by atoms with E-state index in [2.05, 4.69) is 20.7 Å². The number of aryl methyl sites for hydroxylation is 2. The molecule has 0 aliphatic rings. The number of carbonyl (C=O) groups excluding carboxylic acids is 1. The molecule has 7 heteroatoms. The number of nitrogens with zero attached hydrogens (tertiary/aromatic N) is 3.